The van der Waals surface area contributed by atoms with Crippen LogP contribution in [0.5, 0.6) is 5.75 Å². The van der Waals surface area contributed by atoms with Gasteiger partial charge in [0.15, 0.2) is 17.5 Å². The summed E-state index contributed by atoms with van der Waals surface area (Å²) < 4.78 is 77.4. The maximum absolute atomic E-state index is 14.2. The number of benzene rings is 2. The maximum Gasteiger partial charge on any atom is 0.429 e. The van der Waals surface area contributed by atoms with E-state index < -0.39 is 35.1 Å². The number of hydrogen-bond acceptors (Lipinski definition) is 3. The van der Waals surface area contributed by atoms with Crippen LogP contribution in [0.1, 0.15) is 23.6 Å². The molecule has 0 aliphatic rings. The van der Waals surface area contributed by atoms with E-state index in [4.69, 9.17) is 0 Å². The van der Waals surface area contributed by atoms with Crippen LogP contribution in [0, 0.1) is 24.4 Å². The summed E-state index contributed by atoms with van der Waals surface area (Å²) >= 11 is 0. The number of carbonyl (C=O) groups excluding carboxylic acids is 1. The van der Waals surface area contributed by atoms with Gasteiger partial charge in [0.1, 0.15) is 11.3 Å². The molecular weight excluding hydrogens is 371 g/mol. The Hall–Kier alpha value is -2.90. The second-order valence-corrected chi connectivity index (χ2v) is 5.67. The lowest BCUT2D eigenvalue weighted by Gasteiger charge is -2.20. The summed E-state index contributed by atoms with van der Waals surface area (Å²) in [4.78, 5) is 11.3. The molecule has 0 radical (unpaired) electrons. The van der Waals surface area contributed by atoms with Crippen molar-refractivity contribution < 1.29 is 36.2 Å². The van der Waals surface area contributed by atoms with Gasteiger partial charge in [-0.1, -0.05) is 6.07 Å². The summed E-state index contributed by atoms with van der Waals surface area (Å²) in [7, 11) is 1.22. The number of hydrogen-bond donors (Lipinski definition) is 0. The number of rotatable bonds is 5. The van der Waals surface area contributed by atoms with Crippen molar-refractivity contribution in [3.8, 4) is 5.75 Å². The van der Waals surface area contributed by atoms with Crippen LogP contribution < -0.4 is 4.74 Å². The van der Waals surface area contributed by atoms with Crippen molar-refractivity contribution in [1.29, 1.82) is 0 Å². The van der Waals surface area contributed by atoms with Crippen LogP contribution in [0.25, 0.3) is 5.57 Å². The molecule has 0 saturated carbocycles. The molecule has 0 unspecified atom stereocenters. The minimum absolute atomic E-state index is 0.257. The normalized spacial score (nSPS) is 12.1. The smallest absolute Gasteiger partial charge is 0.429 e. The molecule has 2 aromatic rings. The molecule has 0 N–H and O–H groups in total. The lowest BCUT2D eigenvalue weighted by Crippen LogP contribution is -2.24. The lowest BCUT2D eigenvalue weighted by atomic mass is 10.0. The largest absolute Gasteiger partial charge is 0.466 e. The molecule has 0 amide bonds. The summed E-state index contributed by atoms with van der Waals surface area (Å²) in [5.74, 6) is -6.48. The molecule has 8 heteroatoms. The van der Waals surface area contributed by atoms with Gasteiger partial charge in [-0.25, -0.2) is 18.0 Å². The predicted molar refractivity (Wildman–Crippen MR) is 87.7 cm³/mol. The van der Waals surface area contributed by atoms with Gasteiger partial charge in [-0.2, -0.15) is 8.78 Å². The Morgan fingerprint density at radius 1 is 1.07 bits per heavy atom. The molecular formula is C19H15F5O3. The van der Waals surface area contributed by atoms with Crippen LogP contribution in [-0.2, 0) is 15.6 Å². The van der Waals surface area contributed by atoms with Gasteiger partial charge in [0, 0.05) is 6.08 Å². The predicted octanol–water partition coefficient (Wildman–Crippen LogP) is 5.12. The molecule has 0 spiro atoms. The topological polar surface area (TPSA) is 35.5 Å². The van der Waals surface area contributed by atoms with Crippen LogP contribution in [0.2, 0.25) is 0 Å². The molecule has 144 valence electrons. The van der Waals surface area contributed by atoms with E-state index in [-0.39, 0.29) is 11.3 Å². The van der Waals surface area contributed by atoms with E-state index >= 15 is 0 Å². The van der Waals surface area contributed by atoms with Crippen molar-refractivity contribution in [3.05, 3.63) is 70.5 Å². The molecule has 0 aliphatic heterocycles. The fourth-order valence-electron chi connectivity index (χ4n) is 2.27. The first-order chi connectivity index (χ1) is 12.6. The SMILES string of the molecule is COC(=O)C=C(C)c1ccc(OC(F)(F)c2ccc(F)c(F)c2F)c(C)c1. The lowest BCUT2D eigenvalue weighted by molar-refractivity contribution is -0.188. The van der Waals surface area contributed by atoms with Crippen molar-refractivity contribution in [1.82, 2.24) is 0 Å². The highest BCUT2D eigenvalue weighted by Gasteiger charge is 2.39. The van der Waals surface area contributed by atoms with Crippen LogP contribution >= 0.6 is 0 Å². The molecule has 0 bridgehead atoms. The molecule has 0 aromatic heterocycles. The van der Waals surface area contributed by atoms with E-state index in [1.165, 1.54) is 38.3 Å². The Morgan fingerprint density at radius 2 is 1.74 bits per heavy atom. The Bertz CT molecular complexity index is 906. The average Bonchev–Trinajstić information content (AvgIpc) is 2.60. The van der Waals surface area contributed by atoms with E-state index in [1.54, 1.807) is 6.92 Å². The minimum Gasteiger partial charge on any atom is -0.466 e. The third-order valence-corrected chi connectivity index (χ3v) is 3.75. The van der Waals surface area contributed by atoms with Gasteiger partial charge in [0.25, 0.3) is 0 Å². The highest BCUT2D eigenvalue weighted by atomic mass is 19.3. The van der Waals surface area contributed by atoms with E-state index in [1.807, 2.05) is 0 Å². The summed E-state index contributed by atoms with van der Waals surface area (Å²) in [6, 6.07) is 4.89. The third kappa shape index (κ3) is 4.45. The van der Waals surface area contributed by atoms with Gasteiger partial charge in [-0.05, 0) is 54.8 Å². The molecule has 3 nitrogen and oxygen atoms in total. The monoisotopic (exact) mass is 386 g/mol. The highest BCUT2D eigenvalue weighted by molar-refractivity contribution is 5.90. The van der Waals surface area contributed by atoms with E-state index in [2.05, 4.69) is 9.47 Å². The third-order valence-electron chi connectivity index (χ3n) is 3.75. The molecule has 0 atom stereocenters. The van der Waals surface area contributed by atoms with Gasteiger partial charge < -0.3 is 9.47 Å². The summed E-state index contributed by atoms with van der Waals surface area (Å²) in [6.45, 7) is 3.08. The number of methoxy groups -OCH3 is 1. The van der Waals surface area contributed by atoms with Gasteiger partial charge >= 0.3 is 12.1 Å². The summed E-state index contributed by atoms with van der Waals surface area (Å²) in [6.07, 6.45) is -3.01. The highest BCUT2D eigenvalue weighted by Crippen LogP contribution is 2.36. The number of esters is 1. The van der Waals surface area contributed by atoms with E-state index in [9.17, 15) is 26.7 Å². The van der Waals surface area contributed by atoms with Crippen molar-refractivity contribution in [3.63, 3.8) is 0 Å². The molecule has 27 heavy (non-hydrogen) atoms. The molecule has 2 rings (SSSR count). The Labute approximate surface area is 152 Å². The standard InChI is InChI=1S/C19H15F5O3/c1-10(9-16(25)26-3)12-4-7-15(11(2)8-12)27-19(23,24)13-5-6-14(20)18(22)17(13)21/h4-9H,1-3H3. The minimum atomic E-state index is -4.23. The van der Waals surface area contributed by atoms with Crippen molar-refractivity contribution in [2.24, 2.45) is 0 Å². The first kappa shape index (κ1) is 20.4. The van der Waals surface area contributed by atoms with Crippen LogP contribution in [0.4, 0.5) is 22.0 Å². The Morgan fingerprint density at radius 3 is 2.33 bits per heavy atom. The maximum atomic E-state index is 14.2. The second-order valence-electron chi connectivity index (χ2n) is 5.67. The van der Waals surface area contributed by atoms with Crippen LogP contribution in [0.15, 0.2) is 36.4 Å². The number of ether oxygens (including phenoxy) is 2. The molecule has 0 aliphatic carbocycles. The second kappa shape index (κ2) is 7.77. The summed E-state index contributed by atoms with van der Waals surface area (Å²) in [5, 5.41) is 0. The number of carbonyl (C=O) groups is 1. The Balaban J connectivity index is 2.33. The van der Waals surface area contributed by atoms with Gasteiger partial charge in [0.05, 0.1) is 7.11 Å². The number of halogens is 5. The van der Waals surface area contributed by atoms with E-state index in [0.717, 1.165) is 0 Å². The average molecular weight is 386 g/mol. The molecule has 2 aromatic carbocycles. The fourth-order valence-corrected chi connectivity index (χ4v) is 2.27. The van der Waals surface area contributed by atoms with Gasteiger partial charge in [0.2, 0.25) is 0 Å². The van der Waals surface area contributed by atoms with E-state index in [0.29, 0.717) is 23.3 Å². The fraction of sp³-hybridized carbons (Fsp3) is 0.211. The molecule has 0 saturated heterocycles. The van der Waals surface area contributed by atoms with Gasteiger partial charge in [-0.3, -0.25) is 0 Å². The quantitative estimate of drug-likeness (QED) is 0.310. The zero-order valence-corrected chi connectivity index (χ0v) is 14.6. The molecule has 0 fully saturated rings. The number of aryl methyl sites for hydroxylation is 1. The van der Waals surface area contributed by atoms with Gasteiger partial charge in [-0.15, -0.1) is 0 Å². The molecule has 0 heterocycles. The first-order valence-corrected chi connectivity index (χ1v) is 7.65. The van der Waals surface area contributed by atoms with Crippen LogP contribution in [0.3, 0.4) is 0 Å². The summed E-state index contributed by atoms with van der Waals surface area (Å²) in [5.41, 5.74) is -0.0955. The number of allylic oxidation sites excluding steroid dienone is 1. The van der Waals surface area contributed by atoms with Crippen molar-refractivity contribution >= 4 is 11.5 Å². The zero-order chi connectivity index (χ0) is 20.4. The Kier molecular flexibility index (Phi) is 5.88. The zero-order valence-electron chi connectivity index (χ0n) is 14.6. The number of alkyl halides is 2. The van der Waals surface area contributed by atoms with Crippen LogP contribution in [-0.4, -0.2) is 13.1 Å². The first-order valence-electron chi connectivity index (χ1n) is 7.65. The van der Waals surface area contributed by atoms with Crippen molar-refractivity contribution in [2.45, 2.75) is 20.0 Å². The van der Waals surface area contributed by atoms with Crippen molar-refractivity contribution in [2.75, 3.05) is 7.11 Å².